The Morgan fingerprint density at radius 2 is 2.11 bits per heavy atom. The maximum absolute atomic E-state index is 12.3. The lowest BCUT2D eigenvalue weighted by Crippen LogP contribution is -2.44. The lowest BCUT2D eigenvalue weighted by molar-refractivity contribution is -0.129. The van der Waals surface area contributed by atoms with Crippen molar-refractivity contribution in [3.8, 4) is 0 Å². The van der Waals surface area contributed by atoms with Crippen molar-refractivity contribution in [3.63, 3.8) is 0 Å². The normalized spacial score (nSPS) is 27.9. The van der Waals surface area contributed by atoms with E-state index >= 15 is 0 Å². The number of fused-ring (bicyclic) bond motifs is 2. The molecule has 4 rings (SSSR count). The van der Waals surface area contributed by atoms with E-state index in [1.165, 1.54) is 16.7 Å². The molecule has 0 aromatic carbocycles. The number of carbonyl (C=O) groups is 1. The van der Waals surface area contributed by atoms with Gasteiger partial charge in [0.25, 0.3) is 0 Å². The van der Waals surface area contributed by atoms with E-state index in [1.807, 2.05) is 23.1 Å². The van der Waals surface area contributed by atoms with Crippen LogP contribution in [0.25, 0.3) is 0 Å². The summed E-state index contributed by atoms with van der Waals surface area (Å²) in [5, 5.41) is 0. The fourth-order valence-electron chi connectivity index (χ4n) is 3.09. The maximum Gasteiger partial charge on any atom is 0.231 e. The van der Waals surface area contributed by atoms with Gasteiger partial charge in [-0.2, -0.15) is 0 Å². The van der Waals surface area contributed by atoms with Crippen molar-refractivity contribution in [1.29, 1.82) is 0 Å². The number of nitrogens with zero attached hydrogens (tertiary/aromatic N) is 1. The molecule has 2 aliphatic heterocycles. The van der Waals surface area contributed by atoms with Crippen LogP contribution in [-0.4, -0.2) is 16.8 Å². The summed E-state index contributed by atoms with van der Waals surface area (Å²) < 4.78 is 0. The highest BCUT2D eigenvalue weighted by Crippen LogP contribution is 2.40. The van der Waals surface area contributed by atoms with Crippen molar-refractivity contribution in [2.75, 3.05) is 0 Å². The first-order chi connectivity index (χ1) is 8.84. The van der Waals surface area contributed by atoms with Gasteiger partial charge in [0.2, 0.25) is 5.91 Å². The van der Waals surface area contributed by atoms with Crippen LogP contribution in [-0.2, 0) is 4.79 Å². The minimum Gasteiger partial charge on any atom is -0.300 e. The Hall–Kier alpha value is -2.09. The van der Waals surface area contributed by atoms with Crippen molar-refractivity contribution >= 4 is 5.91 Å². The molecule has 0 fully saturated rings. The average Bonchev–Trinajstić information content (AvgIpc) is 2.41. The molecule has 2 heteroatoms. The molecule has 1 unspecified atom stereocenters. The summed E-state index contributed by atoms with van der Waals surface area (Å²) in [6.45, 7) is 0. The van der Waals surface area contributed by atoms with Crippen molar-refractivity contribution in [1.82, 2.24) is 4.90 Å². The lowest BCUT2D eigenvalue weighted by atomic mass is 9.84. The summed E-state index contributed by atoms with van der Waals surface area (Å²) in [5.74, 6) is 0.206. The molecule has 2 nitrogen and oxygen atoms in total. The predicted octanol–water partition coefficient (Wildman–Crippen LogP) is 2.79. The summed E-state index contributed by atoms with van der Waals surface area (Å²) in [6, 6.07) is 0.0939. The third kappa shape index (κ3) is 1.20. The van der Waals surface area contributed by atoms with Gasteiger partial charge in [-0.25, -0.2) is 0 Å². The van der Waals surface area contributed by atoms with E-state index in [4.69, 9.17) is 0 Å². The molecule has 18 heavy (non-hydrogen) atoms. The average molecular weight is 235 g/mol. The van der Waals surface area contributed by atoms with Crippen LogP contribution in [0.3, 0.4) is 0 Å². The van der Waals surface area contributed by atoms with Crippen molar-refractivity contribution in [2.24, 2.45) is 0 Å². The van der Waals surface area contributed by atoms with Gasteiger partial charge in [-0.05, 0) is 23.1 Å². The molecule has 1 atom stereocenters. The zero-order valence-electron chi connectivity index (χ0n) is 9.97. The van der Waals surface area contributed by atoms with Gasteiger partial charge in [-0.1, -0.05) is 48.6 Å². The first-order valence-corrected chi connectivity index (χ1v) is 6.33. The van der Waals surface area contributed by atoms with E-state index in [-0.39, 0.29) is 11.9 Å². The van der Waals surface area contributed by atoms with Crippen molar-refractivity contribution in [3.05, 3.63) is 71.0 Å². The molecule has 2 heterocycles. The molecule has 1 amide bonds. The van der Waals surface area contributed by atoms with Crippen LogP contribution in [0.5, 0.6) is 0 Å². The van der Waals surface area contributed by atoms with Crippen molar-refractivity contribution < 1.29 is 4.79 Å². The summed E-state index contributed by atoms with van der Waals surface area (Å²) in [7, 11) is 0. The minimum absolute atomic E-state index is 0.0939. The smallest absolute Gasteiger partial charge is 0.231 e. The molecule has 88 valence electrons. The monoisotopic (exact) mass is 235 g/mol. The molecule has 2 aliphatic carbocycles. The number of rotatable bonds is 0. The van der Waals surface area contributed by atoms with Gasteiger partial charge in [0, 0.05) is 6.42 Å². The van der Waals surface area contributed by atoms with Crippen LogP contribution in [0.2, 0.25) is 0 Å². The molecule has 0 aromatic rings. The SMILES string of the molecule is O=C1CC=C2C=CCC3=C2N1C1C=CC=CC1=C3. The third-order valence-electron chi connectivity index (χ3n) is 3.87. The molecule has 0 radical (unpaired) electrons. The number of carbonyl (C=O) groups excluding carboxylic acids is 1. The first-order valence-electron chi connectivity index (χ1n) is 6.33. The number of allylic oxidation sites excluding steroid dienone is 6. The second kappa shape index (κ2) is 3.45. The summed E-state index contributed by atoms with van der Waals surface area (Å²) >= 11 is 0. The minimum atomic E-state index is 0.0939. The first kappa shape index (κ1) is 9.89. The molecule has 0 saturated carbocycles. The molecule has 0 saturated heterocycles. The zero-order valence-corrected chi connectivity index (χ0v) is 9.97. The van der Waals surface area contributed by atoms with E-state index in [9.17, 15) is 4.79 Å². The fourth-order valence-corrected chi connectivity index (χ4v) is 3.09. The lowest BCUT2D eigenvalue weighted by Gasteiger charge is -2.41. The Balaban J connectivity index is 1.95. The van der Waals surface area contributed by atoms with E-state index in [2.05, 4.69) is 30.4 Å². The summed E-state index contributed by atoms with van der Waals surface area (Å²) in [4.78, 5) is 14.2. The van der Waals surface area contributed by atoms with Gasteiger partial charge in [-0.3, -0.25) is 4.79 Å². The van der Waals surface area contributed by atoms with Crippen LogP contribution in [0.1, 0.15) is 12.8 Å². The van der Waals surface area contributed by atoms with Crippen LogP contribution in [0, 0.1) is 0 Å². The maximum atomic E-state index is 12.3. The van der Waals surface area contributed by atoms with Gasteiger partial charge in [0.15, 0.2) is 0 Å². The highest BCUT2D eigenvalue weighted by molar-refractivity contribution is 5.86. The standard InChI is InChI=1S/C16H13NO/c18-15-9-8-11-5-3-6-13-10-12-4-1-2-7-14(12)17(15)16(11)13/h1-5,7-8,10,14H,6,9H2. The van der Waals surface area contributed by atoms with E-state index in [0.717, 1.165) is 12.1 Å². The van der Waals surface area contributed by atoms with E-state index in [0.29, 0.717) is 6.42 Å². The summed E-state index contributed by atoms with van der Waals surface area (Å²) in [6.07, 6.45) is 18.3. The third-order valence-corrected chi connectivity index (χ3v) is 3.87. The largest absolute Gasteiger partial charge is 0.300 e. The summed E-state index contributed by atoms with van der Waals surface area (Å²) in [5.41, 5.74) is 4.82. The van der Waals surface area contributed by atoms with Gasteiger partial charge in [0.05, 0.1) is 11.7 Å². The molecule has 0 spiro atoms. The fraction of sp³-hybridized carbons (Fsp3) is 0.188. The molecule has 4 aliphatic rings. The molecular weight excluding hydrogens is 222 g/mol. The zero-order chi connectivity index (χ0) is 12.1. The van der Waals surface area contributed by atoms with Crippen molar-refractivity contribution in [2.45, 2.75) is 18.9 Å². The van der Waals surface area contributed by atoms with Crippen LogP contribution in [0.4, 0.5) is 0 Å². The second-order valence-electron chi connectivity index (χ2n) is 4.94. The molecular formula is C16H13NO. The van der Waals surface area contributed by atoms with Gasteiger partial charge < -0.3 is 4.90 Å². The molecule has 0 bridgehead atoms. The molecule has 0 aromatic heterocycles. The predicted molar refractivity (Wildman–Crippen MR) is 70.5 cm³/mol. The Morgan fingerprint density at radius 1 is 1.17 bits per heavy atom. The van der Waals surface area contributed by atoms with Gasteiger partial charge in [-0.15, -0.1) is 0 Å². The van der Waals surface area contributed by atoms with E-state index in [1.54, 1.807) is 0 Å². The number of amides is 1. The topological polar surface area (TPSA) is 20.3 Å². The number of hydrogen-bond acceptors (Lipinski definition) is 1. The Kier molecular flexibility index (Phi) is 1.90. The van der Waals surface area contributed by atoms with E-state index < -0.39 is 0 Å². The highest BCUT2D eigenvalue weighted by Gasteiger charge is 2.36. The van der Waals surface area contributed by atoms with Gasteiger partial charge >= 0.3 is 0 Å². The van der Waals surface area contributed by atoms with Crippen LogP contribution >= 0.6 is 0 Å². The number of hydrogen-bond donors (Lipinski definition) is 0. The molecule has 0 N–H and O–H groups in total. The second-order valence-corrected chi connectivity index (χ2v) is 4.94. The van der Waals surface area contributed by atoms with Gasteiger partial charge in [0.1, 0.15) is 0 Å². The Labute approximate surface area is 106 Å². The van der Waals surface area contributed by atoms with Crippen LogP contribution in [0.15, 0.2) is 71.0 Å². The van der Waals surface area contributed by atoms with Crippen LogP contribution < -0.4 is 0 Å². The highest BCUT2D eigenvalue weighted by atomic mass is 16.2. The Morgan fingerprint density at radius 3 is 3.06 bits per heavy atom. The quantitative estimate of drug-likeness (QED) is 0.632. The Bertz CT molecular complexity index is 625.